The van der Waals surface area contributed by atoms with Crippen LogP contribution >= 0.6 is 0 Å². The Morgan fingerprint density at radius 2 is 0.850 bits per heavy atom. The largest absolute Gasteiger partial charge is 4.00 e. The molecule has 6 N–H and O–H groups in total. The molecule has 0 saturated heterocycles. The standard InChI is InChI=1S/C3H7O.3C2H5NO2.Ti/c1-3(2)4;3*3-1-2(4)5;/h3H,1-2H3;3*1,3H2,(H,4,5);/q-1;;;;+4/p-3. The van der Waals surface area contributed by atoms with Gasteiger partial charge in [0.05, 0.1) is 17.9 Å². The van der Waals surface area contributed by atoms with E-state index < -0.39 is 24.0 Å². The van der Waals surface area contributed by atoms with Crippen molar-refractivity contribution < 1.29 is 56.5 Å². The fourth-order valence-electron chi connectivity index (χ4n) is 0. The second-order valence-electron chi connectivity index (χ2n) is 2.78. The first-order valence-electron chi connectivity index (χ1n) is 4.90. The number of carbonyl (C=O) groups excluding carboxylic acids is 3. The molecule has 0 spiro atoms. The summed E-state index contributed by atoms with van der Waals surface area (Å²) in [5.74, 6) is -3.65. The third-order valence-electron chi connectivity index (χ3n) is 0.500. The number of carboxylic acids is 3. The number of hydrogen-bond donors (Lipinski definition) is 3. The van der Waals surface area contributed by atoms with Gasteiger partial charge >= 0.3 is 21.7 Å². The Bertz CT molecular complexity index is 204. The predicted molar refractivity (Wildman–Crippen MR) is 57.3 cm³/mol. The fourth-order valence-corrected chi connectivity index (χ4v) is 0. The van der Waals surface area contributed by atoms with E-state index in [9.17, 15) is 5.11 Å². The van der Waals surface area contributed by atoms with Crippen LogP contribution in [0.15, 0.2) is 0 Å². The van der Waals surface area contributed by atoms with Gasteiger partial charge in [-0.1, -0.05) is 13.8 Å². The first kappa shape index (κ1) is 31.4. The third-order valence-corrected chi connectivity index (χ3v) is 0.500. The van der Waals surface area contributed by atoms with Crippen molar-refractivity contribution in [3.05, 3.63) is 0 Å². The van der Waals surface area contributed by atoms with E-state index in [1.807, 2.05) is 0 Å². The molecule has 0 aliphatic heterocycles. The molecule has 0 fully saturated rings. The van der Waals surface area contributed by atoms with Gasteiger partial charge in [0.1, 0.15) is 0 Å². The van der Waals surface area contributed by atoms with E-state index in [1.165, 1.54) is 0 Å². The van der Waals surface area contributed by atoms with E-state index in [-0.39, 0.29) is 41.4 Å². The summed E-state index contributed by atoms with van der Waals surface area (Å²) in [6.07, 6.45) is -0.417. The molecule has 0 bridgehead atoms. The summed E-state index contributed by atoms with van der Waals surface area (Å²) in [7, 11) is 0. The molecular weight excluding hydrogens is 310 g/mol. The molecule has 0 rings (SSSR count). The summed E-state index contributed by atoms with van der Waals surface area (Å²) in [6, 6.07) is 0. The quantitative estimate of drug-likeness (QED) is 0.415. The zero-order chi connectivity index (χ0) is 16.4. The minimum atomic E-state index is -1.22. The van der Waals surface area contributed by atoms with E-state index in [0.717, 1.165) is 0 Å². The van der Waals surface area contributed by atoms with E-state index in [0.29, 0.717) is 0 Å². The van der Waals surface area contributed by atoms with Crippen LogP contribution in [0.25, 0.3) is 0 Å². The monoisotopic (exact) mass is 329 g/mol. The molecule has 10 nitrogen and oxygen atoms in total. The van der Waals surface area contributed by atoms with Gasteiger partial charge in [-0.3, -0.25) is 0 Å². The van der Waals surface area contributed by atoms with Crippen LogP contribution in [-0.4, -0.2) is 43.6 Å². The smallest absolute Gasteiger partial charge is 0.852 e. The van der Waals surface area contributed by atoms with Gasteiger partial charge in [-0.25, -0.2) is 0 Å². The second kappa shape index (κ2) is 26.5. The Morgan fingerprint density at radius 3 is 0.850 bits per heavy atom. The van der Waals surface area contributed by atoms with Crippen LogP contribution < -0.4 is 37.6 Å². The topological polar surface area (TPSA) is 222 Å². The number of carbonyl (C=O) groups is 3. The van der Waals surface area contributed by atoms with E-state index in [4.69, 9.17) is 29.7 Å². The van der Waals surface area contributed by atoms with Crippen molar-refractivity contribution in [1.29, 1.82) is 0 Å². The maximum absolute atomic E-state index is 9.53. The SMILES string of the molecule is CC(C)[O-].NCC(=O)[O-].NCC(=O)[O-].NCC(=O)[O-].[Ti+4]. The van der Waals surface area contributed by atoms with Crippen LogP contribution in [-0.2, 0) is 36.1 Å². The molecule has 0 aliphatic carbocycles. The van der Waals surface area contributed by atoms with Gasteiger partial charge in [-0.15, -0.1) is 6.10 Å². The van der Waals surface area contributed by atoms with E-state index in [2.05, 4.69) is 17.2 Å². The number of nitrogens with two attached hydrogens (primary N) is 3. The van der Waals surface area contributed by atoms with Gasteiger partial charge in [-0.05, 0) is 0 Å². The average Bonchev–Trinajstić information content (AvgIpc) is 2.29. The number of rotatable bonds is 3. The van der Waals surface area contributed by atoms with Crippen molar-refractivity contribution in [2.75, 3.05) is 19.6 Å². The molecule has 0 heterocycles. The maximum atomic E-state index is 9.53. The van der Waals surface area contributed by atoms with Crippen LogP contribution in [0.4, 0.5) is 0 Å². The van der Waals surface area contributed by atoms with Crippen LogP contribution in [0.2, 0.25) is 0 Å². The number of carboxylic acid groups (broad SMARTS) is 3. The average molecular weight is 329 g/mol. The molecule has 116 valence electrons. The molecule has 0 aliphatic rings. The van der Waals surface area contributed by atoms with Gasteiger partial charge in [0.15, 0.2) is 0 Å². The Hall–Kier alpha value is -1.04. The molecule has 0 atom stereocenters. The summed E-state index contributed by atoms with van der Waals surface area (Å²) in [6.45, 7) is 2.06. The first-order chi connectivity index (χ1) is 8.54. The van der Waals surface area contributed by atoms with Crippen LogP contribution in [0.3, 0.4) is 0 Å². The molecule has 0 unspecified atom stereocenters. The molecule has 0 amide bonds. The summed E-state index contributed by atoms with van der Waals surface area (Å²) < 4.78 is 0. The summed E-state index contributed by atoms with van der Waals surface area (Å²) in [5, 5.41) is 36.9. The molecule has 0 aromatic rings. The zero-order valence-corrected chi connectivity index (χ0v) is 12.9. The van der Waals surface area contributed by atoms with Crippen LogP contribution in [0.1, 0.15) is 13.8 Å². The zero-order valence-electron chi connectivity index (χ0n) is 11.3. The van der Waals surface area contributed by atoms with Crippen molar-refractivity contribution in [3.63, 3.8) is 0 Å². The molecule has 0 aromatic heterocycles. The van der Waals surface area contributed by atoms with Gasteiger partial charge < -0.3 is 52.0 Å². The summed E-state index contributed by atoms with van der Waals surface area (Å²) in [4.78, 5) is 27.4. The van der Waals surface area contributed by atoms with Gasteiger partial charge in [0.2, 0.25) is 0 Å². The Morgan fingerprint density at radius 1 is 0.800 bits per heavy atom. The van der Waals surface area contributed by atoms with Crippen molar-refractivity contribution >= 4 is 17.9 Å². The third kappa shape index (κ3) is 175. The number of hydrogen-bond acceptors (Lipinski definition) is 10. The van der Waals surface area contributed by atoms with Gasteiger partial charge in [0.25, 0.3) is 0 Å². The van der Waals surface area contributed by atoms with E-state index >= 15 is 0 Å². The van der Waals surface area contributed by atoms with Crippen LogP contribution in [0.5, 0.6) is 0 Å². The van der Waals surface area contributed by atoms with Crippen molar-refractivity contribution in [1.82, 2.24) is 0 Å². The maximum Gasteiger partial charge on any atom is 4.00 e. The van der Waals surface area contributed by atoms with Crippen molar-refractivity contribution in [2.24, 2.45) is 17.2 Å². The molecule has 0 saturated carbocycles. The molecule has 0 aromatic carbocycles. The van der Waals surface area contributed by atoms with Crippen molar-refractivity contribution in [2.45, 2.75) is 20.0 Å². The molecular formula is C9H19N3O7Ti. The molecule has 20 heavy (non-hydrogen) atoms. The summed E-state index contributed by atoms with van der Waals surface area (Å²) >= 11 is 0. The normalized spacial score (nSPS) is 7.35. The molecule has 0 radical (unpaired) electrons. The van der Waals surface area contributed by atoms with Gasteiger partial charge in [-0.2, -0.15) is 0 Å². The van der Waals surface area contributed by atoms with E-state index in [1.54, 1.807) is 13.8 Å². The van der Waals surface area contributed by atoms with Crippen molar-refractivity contribution in [3.8, 4) is 0 Å². The minimum absolute atomic E-state index is 0. The Kier molecular flexibility index (Phi) is 41.6. The minimum Gasteiger partial charge on any atom is -0.852 e. The summed E-state index contributed by atoms with van der Waals surface area (Å²) in [5.41, 5.74) is 13.5. The Labute approximate surface area is 131 Å². The second-order valence-corrected chi connectivity index (χ2v) is 2.78. The fraction of sp³-hybridized carbons (Fsp3) is 0.667. The first-order valence-corrected chi connectivity index (χ1v) is 4.90. The predicted octanol–water partition coefficient (Wildman–Crippen LogP) is -7.16. The van der Waals surface area contributed by atoms with Gasteiger partial charge in [0, 0.05) is 19.6 Å². The van der Waals surface area contributed by atoms with Crippen LogP contribution in [0, 0.1) is 0 Å². The number of aliphatic carboxylic acids is 3. The molecule has 11 heteroatoms. The Balaban J connectivity index is -0.0000000494.